The minimum absolute atomic E-state index is 0.242. The van der Waals surface area contributed by atoms with Crippen molar-refractivity contribution in [3.05, 3.63) is 65.6 Å². The molecule has 0 radical (unpaired) electrons. The number of methoxy groups -OCH3 is 1. The Bertz CT molecular complexity index is 1430. The number of aromatic nitrogens is 4. The maximum atomic E-state index is 13.0. The molecule has 9 nitrogen and oxygen atoms in total. The van der Waals surface area contributed by atoms with E-state index in [2.05, 4.69) is 20.0 Å². The quantitative estimate of drug-likeness (QED) is 0.416. The van der Waals surface area contributed by atoms with Gasteiger partial charge in [-0.1, -0.05) is 11.6 Å². The van der Waals surface area contributed by atoms with Gasteiger partial charge in [0, 0.05) is 31.2 Å². The zero-order valence-corrected chi connectivity index (χ0v) is 20.3. The summed E-state index contributed by atoms with van der Waals surface area (Å²) in [4.78, 5) is 11.6. The van der Waals surface area contributed by atoms with Crippen LogP contribution in [0.25, 0.3) is 16.7 Å². The first-order valence-corrected chi connectivity index (χ1v) is 12.6. The number of halogens is 1. The summed E-state index contributed by atoms with van der Waals surface area (Å²) in [6, 6.07) is 13.8. The lowest BCUT2D eigenvalue weighted by molar-refractivity contribution is 0.384. The summed E-state index contributed by atoms with van der Waals surface area (Å²) in [6.45, 7) is 3.55. The summed E-state index contributed by atoms with van der Waals surface area (Å²) in [5, 5.41) is 5.87. The van der Waals surface area contributed by atoms with Gasteiger partial charge in [-0.05, 0) is 55.5 Å². The summed E-state index contributed by atoms with van der Waals surface area (Å²) in [5.74, 6) is 2.14. The average molecular weight is 499 g/mol. The van der Waals surface area contributed by atoms with Crippen molar-refractivity contribution in [3.8, 4) is 11.4 Å². The van der Waals surface area contributed by atoms with Crippen LogP contribution in [-0.4, -0.2) is 65.8 Å². The smallest absolute Gasteiger partial charge is 0.243 e. The van der Waals surface area contributed by atoms with E-state index in [1.54, 1.807) is 30.1 Å². The van der Waals surface area contributed by atoms with Crippen LogP contribution in [0.4, 0.5) is 5.82 Å². The van der Waals surface area contributed by atoms with Gasteiger partial charge in [-0.3, -0.25) is 0 Å². The number of nitrogens with zero attached hydrogens (tertiary/aromatic N) is 6. The molecule has 0 spiro atoms. The molecule has 1 aliphatic rings. The van der Waals surface area contributed by atoms with Crippen LogP contribution in [0, 0.1) is 6.92 Å². The second-order valence-electron chi connectivity index (χ2n) is 7.93. The Hall–Kier alpha value is -3.21. The minimum atomic E-state index is -3.58. The van der Waals surface area contributed by atoms with E-state index in [0.717, 1.165) is 22.6 Å². The third kappa shape index (κ3) is 4.08. The first-order chi connectivity index (χ1) is 16.4. The Labute approximate surface area is 202 Å². The summed E-state index contributed by atoms with van der Waals surface area (Å²) in [7, 11) is -1.96. The van der Waals surface area contributed by atoms with Crippen molar-refractivity contribution in [2.45, 2.75) is 11.8 Å². The van der Waals surface area contributed by atoms with E-state index in [-0.39, 0.29) is 4.90 Å². The van der Waals surface area contributed by atoms with E-state index < -0.39 is 10.0 Å². The fraction of sp³-hybridized carbons (Fsp3) is 0.261. The van der Waals surface area contributed by atoms with Gasteiger partial charge in [-0.2, -0.15) is 9.40 Å². The lowest BCUT2D eigenvalue weighted by atomic mass is 10.3. The molecule has 5 rings (SSSR count). The fourth-order valence-electron chi connectivity index (χ4n) is 4.05. The summed E-state index contributed by atoms with van der Waals surface area (Å²) in [5.41, 5.74) is 1.56. The molecule has 1 fully saturated rings. The minimum Gasteiger partial charge on any atom is -0.497 e. The van der Waals surface area contributed by atoms with Crippen LogP contribution in [0.1, 0.15) is 5.82 Å². The first-order valence-electron chi connectivity index (χ1n) is 10.7. The predicted octanol–water partition coefficient (Wildman–Crippen LogP) is 3.30. The van der Waals surface area contributed by atoms with Crippen LogP contribution in [0.3, 0.4) is 0 Å². The molecule has 2 aromatic carbocycles. The summed E-state index contributed by atoms with van der Waals surface area (Å²) >= 11 is 5.91. The highest BCUT2D eigenvalue weighted by Crippen LogP contribution is 2.28. The van der Waals surface area contributed by atoms with E-state index in [1.807, 2.05) is 31.2 Å². The summed E-state index contributed by atoms with van der Waals surface area (Å²) in [6.07, 6.45) is 1.76. The number of rotatable bonds is 5. The third-order valence-corrected chi connectivity index (χ3v) is 7.99. The van der Waals surface area contributed by atoms with E-state index >= 15 is 0 Å². The molecule has 1 aliphatic heterocycles. The number of hydrogen-bond donors (Lipinski definition) is 0. The van der Waals surface area contributed by atoms with Gasteiger partial charge < -0.3 is 9.64 Å². The molecule has 11 heteroatoms. The van der Waals surface area contributed by atoms with Gasteiger partial charge in [0.25, 0.3) is 0 Å². The molecule has 0 bridgehead atoms. The van der Waals surface area contributed by atoms with Crippen molar-refractivity contribution < 1.29 is 13.2 Å². The third-order valence-electron chi connectivity index (χ3n) is 5.83. The largest absolute Gasteiger partial charge is 0.497 e. The Morgan fingerprint density at radius 2 is 1.62 bits per heavy atom. The number of benzene rings is 2. The normalized spacial score (nSPS) is 15.1. The molecule has 0 unspecified atom stereocenters. The van der Waals surface area contributed by atoms with Crippen molar-refractivity contribution in [2.24, 2.45) is 0 Å². The molecule has 3 heterocycles. The maximum absolute atomic E-state index is 13.0. The molecular formula is C23H23ClN6O3S. The van der Waals surface area contributed by atoms with Crippen molar-refractivity contribution in [1.29, 1.82) is 0 Å². The zero-order valence-electron chi connectivity index (χ0n) is 18.7. The number of hydrogen-bond acceptors (Lipinski definition) is 7. The second kappa shape index (κ2) is 8.86. The number of ether oxygens (including phenoxy) is 1. The van der Waals surface area contributed by atoms with Crippen molar-refractivity contribution >= 4 is 38.5 Å². The van der Waals surface area contributed by atoms with E-state index in [9.17, 15) is 8.42 Å². The monoisotopic (exact) mass is 498 g/mol. The lowest BCUT2D eigenvalue weighted by Gasteiger charge is -2.35. The molecule has 0 atom stereocenters. The molecule has 4 aromatic rings. The van der Waals surface area contributed by atoms with E-state index in [4.69, 9.17) is 16.3 Å². The Balaban J connectivity index is 1.41. The highest BCUT2D eigenvalue weighted by atomic mass is 35.5. The first kappa shape index (κ1) is 22.6. The second-order valence-corrected chi connectivity index (χ2v) is 10.3. The molecule has 0 amide bonds. The molecule has 176 valence electrons. The maximum Gasteiger partial charge on any atom is 0.243 e. The fourth-order valence-corrected chi connectivity index (χ4v) is 5.60. The highest BCUT2D eigenvalue weighted by molar-refractivity contribution is 7.89. The van der Waals surface area contributed by atoms with Crippen LogP contribution in [0.2, 0.25) is 5.02 Å². The topological polar surface area (TPSA) is 93.5 Å². The summed E-state index contributed by atoms with van der Waals surface area (Å²) < 4.78 is 34.6. The number of piperazine rings is 1. The van der Waals surface area contributed by atoms with Crippen molar-refractivity contribution in [3.63, 3.8) is 0 Å². The highest BCUT2D eigenvalue weighted by Gasteiger charge is 2.30. The van der Waals surface area contributed by atoms with Gasteiger partial charge in [0.15, 0.2) is 5.65 Å². The van der Waals surface area contributed by atoms with Crippen LogP contribution in [0.5, 0.6) is 5.75 Å². The van der Waals surface area contributed by atoms with Gasteiger partial charge in [0.2, 0.25) is 10.0 Å². The van der Waals surface area contributed by atoms with E-state index in [0.29, 0.717) is 42.7 Å². The van der Waals surface area contributed by atoms with Crippen LogP contribution in [0.15, 0.2) is 59.6 Å². The van der Waals surface area contributed by atoms with Gasteiger partial charge in [0.1, 0.15) is 17.4 Å². The number of fused-ring (bicyclic) bond motifs is 1. The Morgan fingerprint density at radius 1 is 0.941 bits per heavy atom. The van der Waals surface area contributed by atoms with Gasteiger partial charge >= 0.3 is 0 Å². The Kier molecular flexibility index (Phi) is 5.88. The molecule has 2 aromatic heterocycles. The molecule has 1 saturated heterocycles. The van der Waals surface area contributed by atoms with Crippen LogP contribution >= 0.6 is 11.6 Å². The van der Waals surface area contributed by atoms with Crippen LogP contribution in [-0.2, 0) is 10.0 Å². The average Bonchev–Trinajstić information content (AvgIpc) is 3.27. The molecular weight excluding hydrogens is 476 g/mol. The molecule has 0 aliphatic carbocycles. The molecule has 34 heavy (non-hydrogen) atoms. The standard InChI is InChI=1S/C23H23ClN6O3S/c1-16-26-22(21-15-25-30(23(21)27-16)18-5-7-19(33-2)8-6-18)28-11-13-29(14-12-28)34(31,32)20-9-3-17(24)4-10-20/h3-10,15H,11-14H2,1-2H3. The van der Waals surface area contributed by atoms with Gasteiger partial charge in [-0.15, -0.1) is 0 Å². The molecule has 0 N–H and O–H groups in total. The van der Waals surface area contributed by atoms with Crippen LogP contribution < -0.4 is 9.64 Å². The SMILES string of the molecule is COc1ccc(-n2ncc3c(N4CCN(S(=O)(=O)c5ccc(Cl)cc5)CC4)nc(C)nc32)cc1. The Morgan fingerprint density at radius 3 is 2.26 bits per heavy atom. The predicted molar refractivity (Wildman–Crippen MR) is 130 cm³/mol. The van der Waals surface area contributed by atoms with E-state index in [1.165, 1.54) is 16.4 Å². The number of sulfonamides is 1. The number of aryl methyl sites for hydroxylation is 1. The van der Waals surface area contributed by atoms with Crippen molar-refractivity contribution in [1.82, 2.24) is 24.1 Å². The number of anilines is 1. The molecule has 0 saturated carbocycles. The van der Waals surface area contributed by atoms with Gasteiger partial charge in [0.05, 0.1) is 29.3 Å². The van der Waals surface area contributed by atoms with Crippen molar-refractivity contribution in [2.75, 3.05) is 38.2 Å². The lowest BCUT2D eigenvalue weighted by Crippen LogP contribution is -2.49. The van der Waals surface area contributed by atoms with Gasteiger partial charge in [-0.25, -0.2) is 23.1 Å². The zero-order chi connectivity index (χ0) is 23.9.